The highest BCUT2D eigenvalue weighted by molar-refractivity contribution is 14.1. The summed E-state index contributed by atoms with van der Waals surface area (Å²) >= 11 is 1.63. The molecule has 0 amide bonds. The fourth-order valence-electron chi connectivity index (χ4n) is 1.23. The van der Waals surface area contributed by atoms with Crippen molar-refractivity contribution >= 4 is 34.1 Å². The molecule has 0 radical (unpaired) electrons. The fraction of sp³-hybridized carbons (Fsp3) is 0.222. The molecule has 1 rings (SSSR count). The Morgan fingerprint density at radius 1 is 1.50 bits per heavy atom. The van der Waals surface area contributed by atoms with Gasteiger partial charge in [0.1, 0.15) is 5.56 Å². The largest absolute Gasteiger partial charge is 0.294 e. The lowest BCUT2D eigenvalue weighted by molar-refractivity contribution is -0.385. The molecule has 0 fully saturated rings. The average Bonchev–Trinajstić information content (AvgIpc) is 2.15. The van der Waals surface area contributed by atoms with Gasteiger partial charge in [-0.1, -0.05) is 0 Å². The number of hydrogen-bond acceptors (Lipinski definition) is 3. The molecular formula is C9H6F2INO3. The molecule has 0 atom stereocenters. The van der Waals surface area contributed by atoms with Gasteiger partial charge in [0.25, 0.3) is 12.1 Å². The topological polar surface area (TPSA) is 60.2 Å². The summed E-state index contributed by atoms with van der Waals surface area (Å²) in [7, 11) is 0. The smallest absolute Gasteiger partial charge is 0.281 e. The van der Waals surface area contributed by atoms with E-state index in [1.54, 1.807) is 22.6 Å². The molecule has 1 aromatic carbocycles. The predicted molar refractivity (Wildman–Crippen MR) is 60.8 cm³/mol. The minimum atomic E-state index is -2.80. The van der Waals surface area contributed by atoms with E-state index in [0.717, 1.165) is 19.1 Å². The van der Waals surface area contributed by atoms with Crippen LogP contribution in [-0.2, 0) is 0 Å². The van der Waals surface area contributed by atoms with E-state index in [1.807, 2.05) is 0 Å². The second kappa shape index (κ2) is 4.81. The van der Waals surface area contributed by atoms with Crippen molar-refractivity contribution in [2.75, 3.05) is 0 Å². The lowest BCUT2D eigenvalue weighted by Gasteiger charge is -2.05. The molecule has 0 spiro atoms. The van der Waals surface area contributed by atoms with Gasteiger partial charge >= 0.3 is 0 Å². The Hall–Kier alpha value is -1.12. The number of benzene rings is 1. The van der Waals surface area contributed by atoms with Crippen molar-refractivity contribution in [3.8, 4) is 0 Å². The summed E-state index contributed by atoms with van der Waals surface area (Å²) in [6, 6.07) is 1.82. The summed E-state index contributed by atoms with van der Waals surface area (Å²) in [6.07, 6.45) is -2.80. The van der Waals surface area contributed by atoms with Gasteiger partial charge in [0, 0.05) is 15.2 Å². The van der Waals surface area contributed by atoms with E-state index in [1.165, 1.54) is 0 Å². The zero-order valence-corrected chi connectivity index (χ0v) is 10.2. The Balaban J connectivity index is 3.52. The highest BCUT2D eigenvalue weighted by atomic mass is 127. The SMILES string of the molecule is CC(=O)c1c(I)cc(C(F)F)cc1[N+](=O)[O-]. The molecule has 0 unspecified atom stereocenters. The van der Waals surface area contributed by atoms with Crippen molar-refractivity contribution in [2.24, 2.45) is 0 Å². The van der Waals surface area contributed by atoms with Gasteiger partial charge in [0.15, 0.2) is 5.78 Å². The van der Waals surface area contributed by atoms with Crippen LogP contribution in [0.1, 0.15) is 29.3 Å². The van der Waals surface area contributed by atoms with Gasteiger partial charge in [-0.15, -0.1) is 0 Å². The van der Waals surface area contributed by atoms with Crippen molar-refractivity contribution in [3.05, 3.63) is 36.9 Å². The van der Waals surface area contributed by atoms with Crippen LogP contribution < -0.4 is 0 Å². The standard InChI is InChI=1S/C9H6F2INO3/c1-4(14)8-6(12)2-5(9(10)11)3-7(8)13(15)16/h2-3,9H,1H3. The number of nitro groups is 1. The molecule has 7 heteroatoms. The second-order valence-electron chi connectivity index (χ2n) is 3.01. The van der Waals surface area contributed by atoms with Crippen LogP contribution in [0.25, 0.3) is 0 Å². The third-order valence-electron chi connectivity index (χ3n) is 1.89. The van der Waals surface area contributed by atoms with Gasteiger partial charge in [-0.25, -0.2) is 8.78 Å². The van der Waals surface area contributed by atoms with Crippen LogP contribution in [0.15, 0.2) is 12.1 Å². The number of rotatable bonds is 3. The van der Waals surface area contributed by atoms with Crippen molar-refractivity contribution in [1.82, 2.24) is 0 Å². The van der Waals surface area contributed by atoms with Crippen LogP contribution in [-0.4, -0.2) is 10.7 Å². The van der Waals surface area contributed by atoms with Gasteiger partial charge in [0.05, 0.1) is 4.92 Å². The van der Waals surface area contributed by atoms with E-state index in [9.17, 15) is 23.7 Å². The number of Topliss-reactive ketones (excluding diaryl/α,β-unsaturated/α-hetero) is 1. The van der Waals surface area contributed by atoms with Crippen LogP contribution >= 0.6 is 22.6 Å². The summed E-state index contributed by atoms with van der Waals surface area (Å²) in [4.78, 5) is 21.0. The van der Waals surface area contributed by atoms with E-state index in [4.69, 9.17) is 0 Å². The number of carbonyl (C=O) groups is 1. The quantitative estimate of drug-likeness (QED) is 0.367. The van der Waals surface area contributed by atoms with Crippen LogP contribution in [0.4, 0.5) is 14.5 Å². The summed E-state index contributed by atoms with van der Waals surface area (Å²) in [5.41, 5.74) is -1.16. The number of hydrogen-bond donors (Lipinski definition) is 0. The molecular weight excluding hydrogens is 335 g/mol. The van der Waals surface area contributed by atoms with E-state index < -0.39 is 28.4 Å². The van der Waals surface area contributed by atoms with Gasteiger partial charge in [0.2, 0.25) is 0 Å². The molecule has 86 valence electrons. The second-order valence-corrected chi connectivity index (χ2v) is 4.17. The lowest BCUT2D eigenvalue weighted by Crippen LogP contribution is -2.04. The Bertz CT molecular complexity index is 462. The maximum absolute atomic E-state index is 12.4. The monoisotopic (exact) mass is 341 g/mol. The molecule has 0 aliphatic heterocycles. The molecule has 0 aliphatic rings. The number of nitro benzene ring substituents is 1. The Morgan fingerprint density at radius 2 is 2.06 bits per heavy atom. The number of nitrogens with zero attached hydrogens (tertiary/aromatic N) is 1. The summed E-state index contributed by atoms with van der Waals surface area (Å²) < 4.78 is 25.0. The first kappa shape index (κ1) is 12.9. The third kappa shape index (κ3) is 2.52. The zero-order chi connectivity index (χ0) is 12.5. The third-order valence-corrected chi connectivity index (χ3v) is 2.74. The van der Waals surface area contributed by atoms with E-state index in [2.05, 4.69) is 0 Å². The summed E-state index contributed by atoms with van der Waals surface area (Å²) in [6.45, 7) is 1.16. The van der Waals surface area contributed by atoms with Crippen LogP contribution in [0.5, 0.6) is 0 Å². The van der Waals surface area contributed by atoms with Crippen molar-refractivity contribution in [3.63, 3.8) is 0 Å². The van der Waals surface area contributed by atoms with Crippen LogP contribution in [0, 0.1) is 13.7 Å². The molecule has 0 saturated carbocycles. The van der Waals surface area contributed by atoms with Gasteiger partial charge < -0.3 is 0 Å². The number of alkyl halides is 2. The zero-order valence-electron chi connectivity index (χ0n) is 8.04. The molecule has 1 aromatic rings. The highest BCUT2D eigenvalue weighted by Gasteiger charge is 2.24. The lowest BCUT2D eigenvalue weighted by atomic mass is 10.1. The van der Waals surface area contributed by atoms with Crippen molar-refractivity contribution < 1.29 is 18.5 Å². The Kier molecular flexibility index (Phi) is 3.89. The Labute approximate surface area is 103 Å². The Morgan fingerprint density at radius 3 is 2.44 bits per heavy atom. The summed E-state index contributed by atoms with van der Waals surface area (Å²) in [5.74, 6) is -0.517. The first-order valence-electron chi connectivity index (χ1n) is 4.11. The molecule has 0 saturated heterocycles. The first-order chi connectivity index (χ1) is 7.34. The fourth-order valence-corrected chi connectivity index (χ4v) is 2.25. The maximum Gasteiger partial charge on any atom is 0.281 e. The maximum atomic E-state index is 12.4. The van der Waals surface area contributed by atoms with E-state index >= 15 is 0 Å². The van der Waals surface area contributed by atoms with Crippen LogP contribution in [0.2, 0.25) is 0 Å². The molecule has 4 nitrogen and oxygen atoms in total. The van der Waals surface area contributed by atoms with Gasteiger partial charge in [-0.05, 0) is 35.6 Å². The predicted octanol–water partition coefficient (Wildman–Crippen LogP) is 3.34. The summed E-state index contributed by atoms with van der Waals surface area (Å²) in [5, 5.41) is 10.7. The average molecular weight is 341 g/mol. The molecule has 16 heavy (non-hydrogen) atoms. The van der Waals surface area contributed by atoms with Crippen LogP contribution in [0.3, 0.4) is 0 Å². The van der Waals surface area contributed by atoms with E-state index in [-0.39, 0.29) is 9.13 Å². The van der Waals surface area contributed by atoms with Crippen molar-refractivity contribution in [1.29, 1.82) is 0 Å². The minimum Gasteiger partial charge on any atom is -0.294 e. The van der Waals surface area contributed by atoms with Gasteiger partial charge in [-0.2, -0.15) is 0 Å². The molecule has 0 aliphatic carbocycles. The number of halogens is 3. The number of ketones is 1. The molecule has 0 heterocycles. The highest BCUT2D eigenvalue weighted by Crippen LogP contribution is 2.30. The molecule has 0 aromatic heterocycles. The molecule has 0 bridgehead atoms. The normalized spacial score (nSPS) is 10.6. The minimum absolute atomic E-state index is 0.130. The number of carbonyl (C=O) groups excluding carboxylic acids is 1. The molecule has 0 N–H and O–H groups in total. The van der Waals surface area contributed by atoms with Crippen molar-refractivity contribution in [2.45, 2.75) is 13.3 Å². The first-order valence-corrected chi connectivity index (χ1v) is 5.19. The van der Waals surface area contributed by atoms with Gasteiger partial charge in [-0.3, -0.25) is 14.9 Å². The van der Waals surface area contributed by atoms with E-state index in [0.29, 0.717) is 0 Å².